The molecule has 0 unspecified atom stereocenters. The van der Waals surface area contributed by atoms with Crippen molar-refractivity contribution in [3.05, 3.63) is 63.4 Å². The van der Waals surface area contributed by atoms with Crippen LogP contribution in [0.3, 0.4) is 0 Å². The van der Waals surface area contributed by atoms with Crippen LogP contribution in [0.2, 0.25) is 0 Å². The van der Waals surface area contributed by atoms with Crippen LogP contribution in [0.5, 0.6) is 0 Å². The smallest absolute Gasteiger partial charge is 0.331 e. The van der Waals surface area contributed by atoms with Crippen LogP contribution in [0.15, 0.2) is 36.4 Å². The van der Waals surface area contributed by atoms with Crippen molar-refractivity contribution in [3.8, 4) is 6.07 Å². The van der Waals surface area contributed by atoms with Gasteiger partial charge in [-0.2, -0.15) is 31.6 Å². The maximum Gasteiger partial charge on any atom is 0.416 e. The molecule has 140 valence electrons. The van der Waals surface area contributed by atoms with E-state index in [4.69, 9.17) is 17.5 Å². The summed E-state index contributed by atoms with van der Waals surface area (Å²) in [6, 6.07) is 7.91. The molecule has 1 N–H and O–H groups in total. The molecule has 0 aliphatic carbocycles. The fourth-order valence-corrected chi connectivity index (χ4v) is 2.98. The van der Waals surface area contributed by atoms with Gasteiger partial charge in [-0.25, -0.2) is 0 Å². The van der Waals surface area contributed by atoms with E-state index >= 15 is 0 Å². The first kappa shape index (κ1) is 19.0. The van der Waals surface area contributed by atoms with Gasteiger partial charge in [0.05, 0.1) is 40.3 Å². The number of benzene rings is 2. The molecular weight excluding hydrogens is 392 g/mol. The molecule has 0 bridgehead atoms. The van der Waals surface area contributed by atoms with Gasteiger partial charge in [0.15, 0.2) is 4.77 Å². The van der Waals surface area contributed by atoms with Crippen molar-refractivity contribution < 1.29 is 26.3 Å². The minimum atomic E-state index is -4.97. The van der Waals surface area contributed by atoms with E-state index in [2.05, 4.69) is 4.98 Å². The highest BCUT2D eigenvalue weighted by atomic mass is 32.1. The third-order valence-corrected chi connectivity index (χ3v) is 4.30. The standard InChI is InChI=1S/C17H9F6N3S/c18-16(19,20)11-3-2-10(12(6-11)17(21,22)23)8-26-14-5-9(7-24)1-4-13(14)25-15(26)27/h1-6H,8H2,(H,25,27). The van der Waals surface area contributed by atoms with Crippen LogP contribution < -0.4 is 0 Å². The van der Waals surface area contributed by atoms with E-state index in [-0.39, 0.29) is 22.0 Å². The van der Waals surface area contributed by atoms with Gasteiger partial charge < -0.3 is 9.55 Å². The van der Waals surface area contributed by atoms with E-state index in [0.717, 1.165) is 6.07 Å². The number of nitrogens with zero attached hydrogens (tertiary/aromatic N) is 2. The lowest BCUT2D eigenvalue weighted by Gasteiger charge is -2.16. The number of imidazole rings is 1. The van der Waals surface area contributed by atoms with E-state index in [9.17, 15) is 26.3 Å². The van der Waals surface area contributed by atoms with Gasteiger partial charge in [0.1, 0.15) is 0 Å². The van der Waals surface area contributed by atoms with Gasteiger partial charge in [0.2, 0.25) is 0 Å². The molecule has 0 fully saturated rings. The minimum absolute atomic E-state index is 0.0908. The summed E-state index contributed by atoms with van der Waals surface area (Å²) in [6.45, 7) is -0.402. The van der Waals surface area contributed by atoms with Crippen molar-refractivity contribution in [2.75, 3.05) is 0 Å². The van der Waals surface area contributed by atoms with Crippen LogP contribution >= 0.6 is 12.2 Å². The highest BCUT2D eigenvalue weighted by molar-refractivity contribution is 7.71. The Kier molecular flexibility index (Phi) is 4.51. The predicted octanol–water partition coefficient (Wildman–Crippen LogP) is 5.66. The number of aromatic amines is 1. The lowest BCUT2D eigenvalue weighted by molar-refractivity contribution is -0.143. The summed E-state index contributed by atoms with van der Waals surface area (Å²) in [7, 11) is 0. The Morgan fingerprint density at radius 2 is 1.70 bits per heavy atom. The van der Waals surface area contributed by atoms with Gasteiger partial charge in [0.25, 0.3) is 0 Å². The number of hydrogen-bond acceptors (Lipinski definition) is 2. The zero-order chi connectivity index (χ0) is 20.0. The Morgan fingerprint density at radius 3 is 2.30 bits per heavy atom. The fraction of sp³-hybridized carbons (Fsp3) is 0.176. The zero-order valence-corrected chi connectivity index (χ0v) is 14.1. The summed E-state index contributed by atoms with van der Waals surface area (Å²) >= 11 is 5.12. The van der Waals surface area contributed by atoms with Crippen molar-refractivity contribution in [2.24, 2.45) is 0 Å². The number of halogens is 6. The number of fused-ring (bicyclic) bond motifs is 1. The SMILES string of the molecule is N#Cc1ccc2[nH]c(=S)n(Cc3ccc(C(F)(F)F)cc3C(F)(F)F)c2c1. The fourth-order valence-electron chi connectivity index (χ4n) is 2.70. The monoisotopic (exact) mass is 401 g/mol. The number of rotatable bonds is 2. The summed E-state index contributed by atoms with van der Waals surface area (Å²) in [5.41, 5.74) is -1.98. The first-order valence-electron chi connectivity index (χ1n) is 7.40. The summed E-state index contributed by atoms with van der Waals surface area (Å²) in [4.78, 5) is 2.80. The Labute approximate surface area is 153 Å². The number of nitriles is 1. The second-order valence-corrected chi connectivity index (χ2v) is 6.11. The third-order valence-electron chi connectivity index (χ3n) is 3.98. The molecule has 27 heavy (non-hydrogen) atoms. The number of aromatic nitrogens is 2. The molecule has 3 nitrogen and oxygen atoms in total. The highest BCUT2D eigenvalue weighted by Crippen LogP contribution is 2.37. The zero-order valence-electron chi connectivity index (χ0n) is 13.2. The molecule has 1 heterocycles. The van der Waals surface area contributed by atoms with Crippen molar-refractivity contribution in [2.45, 2.75) is 18.9 Å². The lowest BCUT2D eigenvalue weighted by atomic mass is 10.0. The molecule has 3 rings (SSSR count). The molecule has 0 amide bonds. The summed E-state index contributed by atoms with van der Waals surface area (Å²) < 4.78 is 79.8. The molecule has 0 aliphatic heterocycles. The molecule has 10 heteroatoms. The van der Waals surface area contributed by atoms with Crippen molar-refractivity contribution in [3.63, 3.8) is 0 Å². The van der Waals surface area contributed by atoms with Gasteiger partial charge in [-0.1, -0.05) is 6.07 Å². The van der Waals surface area contributed by atoms with Gasteiger partial charge in [0, 0.05) is 0 Å². The average molecular weight is 401 g/mol. The van der Waals surface area contributed by atoms with Gasteiger partial charge in [-0.15, -0.1) is 0 Å². The Balaban J connectivity index is 2.16. The topological polar surface area (TPSA) is 44.5 Å². The molecular formula is C17H9F6N3S. The summed E-state index contributed by atoms with van der Waals surface area (Å²) in [5.74, 6) is 0. The van der Waals surface area contributed by atoms with Crippen LogP contribution in [0.1, 0.15) is 22.3 Å². The predicted molar refractivity (Wildman–Crippen MR) is 87.4 cm³/mol. The Hall–Kier alpha value is -2.80. The number of hydrogen-bond donors (Lipinski definition) is 1. The van der Waals surface area contributed by atoms with E-state index in [0.29, 0.717) is 17.1 Å². The quantitative estimate of drug-likeness (QED) is 0.445. The lowest BCUT2D eigenvalue weighted by Crippen LogP contribution is -2.15. The third kappa shape index (κ3) is 3.68. The normalized spacial score (nSPS) is 12.3. The second kappa shape index (κ2) is 6.42. The number of alkyl halides is 6. The molecule has 0 spiro atoms. The number of H-pyrrole nitrogens is 1. The number of nitrogens with one attached hydrogen (secondary N) is 1. The Morgan fingerprint density at radius 1 is 1.00 bits per heavy atom. The largest absolute Gasteiger partial charge is 0.416 e. The van der Waals surface area contributed by atoms with Crippen LogP contribution in [0, 0.1) is 16.1 Å². The molecule has 0 radical (unpaired) electrons. The summed E-state index contributed by atoms with van der Waals surface area (Å²) in [5, 5.41) is 8.99. The van der Waals surface area contributed by atoms with Crippen molar-refractivity contribution >= 4 is 23.3 Å². The molecule has 0 atom stereocenters. The maximum absolute atomic E-state index is 13.3. The first-order valence-corrected chi connectivity index (χ1v) is 7.81. The maximum atomic E-state index is 13.3. The van der Waals surface area contributed by atoms with E-state index in [1.54, 1.807) is 6.07 Å². The van der Waals surface area contributed by atoms with Crippen LogP contribution in [-0.2, 0) is 18.9 Å². The van der Waals surface area contributed by atoms with Crippen molar-refractivity contribution in [1.29, 1.82) is 5.26 Å². The van der Waals surface area contributed by atoms with Crippen molar-refractivity contribution in [1.82, 2.24) is 9.55 Å². The van der Waals surface area contributed by atoms with E-state index in [1.165, 1.54) is 16.7 Å². The molecule has 1 aromatic heterocycles. The van der Waals surface area contributed by atoms with Gasteiger partial charge in [-0.05, 0) is 48.1 Å². The minimum Gasteiger partial charge on any atom is -0.331 e. The molecule has 0 aliphatic rings. The van der Waals surface area contributed by atoms with Gasteiger partial charge >= 0.3 is 12.4 Å². The average Bonchev–Trinajstić information content (AvgIpc) is 2.88. The molecule has 0 saturated carbocycles. The van der Waals surface area contributed by atoms with E-state index in [1.807, 2.05) is 6.07 Å². The molecule has 3 aromatic rings. The second-order valence-electron chi connectivity index (χ2n) is 5.73. The molecule has 2 aromatic carbocycles. The van der Waals surface area contributed by atoms with Crippen LogP contribution in [0.4, 0.5) is 26.3 Å². The first-order chi connectivity index (χ1) is 12.5. The Bertz CT molecular complexity index is 1110. The summed E-state index contributed by atoms with van der Waals surface area (Å²) in [6.07, 6.45) is -9.86. The highest BCUT2D eigenvalue weighted by Gasteiger charge is 2.38. The van der Waals surface area contributed by atoms with E-state index < -0.39 is 30.0 Å². The van der Waals surface area contributed by atoms with Crippen LogP contribution in [-0.4, -0.2) is 9.55 Å². The van der Waals surface area contributed by atoms with Gasteiger partial charge in [-0.3, -0.25) is 0 Å². The van der Waals surface area contributed by atoms with Crippen LogP contribution in [0.25, 0.3) is 11.0 Å². The molecule has 0 saturated heterocycles.